The number of hydrogen-bond donors (Lipinski definition) is 1. The molecule has 1 unspecified atom stereocenters. The van der Waals surface area contributed by atoms with E-state index in [4.69, 9.17) is 4.74 Å². The van der Waals surface area contributed by atoms with E-state index in [9.17, 15) is 14.7 Å². The van der Waals surface area contributed by atoms with Crippen LogP contribution in [-0.2, 0) is 9.59 Å². The summed E-state index contributed by atoms with van der Waals surface area (Å²) in [7, 11) is 1.53. The number of amides is 1. The molecule has 0 saturated heterocycles. The summed E-state index contributed by atoms with van der Waals surface area (Å²) in [5.74, 6) is -0.501. The van der Waals surface area contributed by atoms with Crippen LogP contribution in [0.5, 0.6) is 5.75 Å². The molecule has 5 nitrogen and oxygen atoms in total. The van der Waals surface area contributed by atoms with Crippen LogP contribution in [0.3, 0.4) is 0 Å². The van der Waals surface area contributed by atoms with E-state index in [1.165, 1.54) is 12.0 Å². The Hall–Kier alpha value is -2.82. The van der Waals surface area contributed by atoms with Crippen LogP contribution in [0.4, 0.5) is 5.69 Å². The van der Waals surface area contributed by atoms with E-state index >= 15 is 0 Å². The van der Waals surface area contributed by atoms with Crippen molar-refractivity contribution in [1.82, 2.24) is 0 Å². The summed E-state index contributed by atoms with van der Waals surface area (Å²) in [4.78, 5) is 24.4. The maximum absolute atomic E-state index is 11.7. The van der Waals surface area contributed by atoms with Crippen LogP contribution >= 0.6 is 0 Å². The number of ether oxygens (including phenoxy) is 1. The van der Waals surface area contributed by atoms with E-state index in [1.807, 2.05) is 6.92 Å². The van der Waals surface area contributed by atoms with E-state index in [0.29, 0.717) is 23.4 Å². The molecule has 0 spiro atoms. The summed E-state index contributed by atoms with van der Waals surface area (Å²) in [6, 6.07) is 12.7. The fourth-order valence-corrected chi connectivity index (χ4v) is 2.30. The van der Waals surface area contributed by atoms with Gasteiger partial charge in [0, 0.05) is 11.8 Å². The fourth-order valence-electron chi connectivity index (χ4n) is 2.30. The topological polar surface area (TPSA) is 66.8 Å². The number of carboxylic acids is 1. The average Bonchev–Trinajstić information content (AvgIpc) is 2.53. The molecule has 0 aliphatic rings. The summed E-state index contributed by atoms with van der Waals surface area (Å²) in [5, 5.41) is 9.54. The Labute approximate surface area is 128 Å². The van der Waals surface area contributed by atoms with Gasteiger partial charge in [0.15, 0.2) is 6.04 Å². The lowest BCUT2D eigenvalue weighted by atomic mass is 10.0. The fraction of sp³-hybridized carbons (Fsp3) is 0.176. The van der Waals surface area contributed by atoms with Crippen molar-refractivity contribution in [3.8, 4) is 5.75 Å². The van der Waals surface area contributed by atoms with Gasteiger partial charge in [-0.2, -0.15) is 0 Å². The third-order valence-electron chi connectivity index (χ3n) is 3.43. The summed E-state index contributed by atoms with van der Waals surface area (Å²) >= 11 is 0. The van der Waals surface area contributed by atoms with E-state index in [1.54, 1.807) is 48.5 Å². The summed E-state index contributed by atoms with van der Waals surface area (Å²) in [5.41, 5.74) is 1.90. The van der Waals surface area contributed by atoms with Crippen LogP contribution in [0.2, 0.25) is 0 Å². The van der Waals surface area contributed by atoms with Crippen molar-refractivity contribution in [1.29, 1.82) is 0 Å². The molecule has 2 aromatic carbocycles. The predicted molar refractivity (Wildman–Crippen MR) is 83.1 cm³/mol. The zero-order chi connectivity index (χ0) is 16.1. The van der Waals surface area contributed by atoms with Gasteiger partial charge < -0.3 is 9.84 Å². The Bertz CT molecular complexity index is 670. The van der Waals surface area contributed by atoms with E-state index in [2.05, 4.69) is 0 Å². The number of rotatable bonds is 6. The number of aryl methyl sites for hydroxylation is 1. The molecule has 0 fully saturated rings. The Kier molecular flexibility index (Phi) is 4.78. The second-order valence-corrected chi connectivity index (χ2v) is 4.82. The largest absolute Gasteiger partial charge is 0.496 e. The molecule has 1 atom stereocenters. The van der Waals surface area contributed by atoms with Crippen molar-refractivity contribution >= 4 is 18.1 Å². The Morgan fingerprint density at radius 2 is 1.91 bits per heavy atom. The molecule has 0 saturated carbocycles. The van der Waals surface area contributed by atoms with Crippen LogP contribution < -0.4 is 9.64 Å². The van der Waals surface area contributed by atoms with Gasteiger partial charge in [0.2, 0.25) is 6.41 Å². The van der Waals surface area contributed by atoms with Gasteiger partial charge in [-0.1, -0.05) is 36.4 Å². The number of carbonyl (C=O) groups is 2. The maximum atomic E-state index is 11.7. The van der Waals surface area contributed by atoms with E-state index in [-0.39, 0.29) is 0 Å². The van der Waals surface area contributed by atoms with Gasteiger partial charge in [0.1, 0.15) is 5.75 Å². The molecule has 1 N–H and O–H groups in total. The highest BCUT2D eigenvalue weighted by atomic mass is 16.5. The van der Waals surface area contributed by atoms with Crippen LogP contribution in [-0.4, -0.2) is 24.6 Å². The minimum atomic E-state index is -1.10. The number of hydrogen-bond acceptors (Lipinski definition) is 3. The minimum absolute atomic E-state index is 0.466. The number of anilines is 1. The molecule has 2 rings (SSSR count). The molecule has 0 aliphatic carbocycles. The normalized spacial score (nSPS) is 11.5. The van der Waals surface area contributed by atoms with Gasteiger partial charge in [-0.3, -0.25) is 9.69 Å². The standard InChI is InChI=1S/C17H17NO4/c1-12-8-9-14(10-15(12)22-2)18(11-19)16(17(20)21)13-6-4-3-5-7-13/h3-11,16H,1-2H3,(H,20,21). The molecule has 0 aliphatic heterocycles. The van der Waals surface area contributed by atoms with Crippen molar-refractivity contribution < 1.29 is 19.4 Å². The molecular weight excluding hydrogens is 282 g/mol. The van der Waals surface area contributed by atoms with Crippen molar-refractivity contribution in [2.24, 2.45) is 0 Å². The number of nitrogens with zero attached hydrogens (tertiary/aromatic N) is 1. The van der Waals surface area contributed by atoms with Crippen molar-refractivity contribution in [3.05, 3.63) is 59.7 Å². The zero-order valence-electron chi connectivity index (χ0n) is 12.4. The van der Waals surface area contributed by atoms with Crippen LogP contribution in [0.1, 0.15) is 17.2 Å². The first-order chi connectivity index (χ1) is 10.6. The number of methoxy groups -OCH3 is 1. The smallest absolute Gasteiger partial charge is 0.331 e. The first-order valence-electron chi connectivity index (χ1n) is 6.74. The van der Waals surface area contributed by atoms with E-state index in [0.717, 1.165) is 5.56 Å². The highest BCUT2D eigenvalue weighted by molar-refractivity contribution is 5.89. The van der Waals surface area contributed by atoms with Crippen molar-refractivity contribution in [3.63, 3.8) is 0 Å². The van der Waals surface area contributed by atoms with Gasteiger partial charge in [-0.25, -0.2) is 4.79 Å². The summed E-state index contributed by atoms with van der Waals surface area (Å²) < 4.78 is 5.24. The van der Waals surface area contributed by atoms with Gasteiger partial charge in [0.25, 0.3) is 0 Å². The molecule has 1 amide bonds. The second kappa shape index (κ2) is 6.76. The predicted octanol–water partition coefficient (Wildman–Crippen LogP) is 2.79. The van der Waals surface area contributed by atoms with Crippen LogP contribution in [0.15, 0.2) is 48.5 Å². The highest BCUT2D eigenvalue weighted by Gasteiger charge is 2.28. The third kappa shape index (κ3) is 3.09. The molecule has 5 heteroatoms. The quantitative estimate of drug-likeness (QED) is 0.833. The monoisotopic (exact) mass is 299 g/mol. The Morgan fingerprint density at radius 1 is 1.23 bits per heavy atom. The SMILES string of the molecule is COc1cc(N(C=O)C(C(=O)O)c2ccccc2)ccc1C. The first-order valence-corrected chi connectivity index (χ1v) is 6.74. The minimum Gasteiger partial charge on any atom is -0.496 e. The molecule has 0 bridgehead atoms. The third-order valence-corrected chi connectivity index (χ3v) is 3.43. The lowest BCUT2D eigenvalue weighted by molar-refractivity contribution is -0.139. The molecule has 2 aromatic rings. The van der Waals surface area contributed by atoms with Gasteiger partial charge in [-0.15, -0.1) is 0 Å². The van der Waals surface area contributed by atoms with Crippen molar-refractivity contribution in [2.45, 2.75) is 13.0 Å². The zero-order valence-corrected chi connectivity index (χ0v) is 12.4. The number of benzene rings is 2. The number of carboxylic acid groups (broad SMARTS) is 1. The van der Waals surface area contributed by atoms with Crippen molar-refractivity contribution in [2.75, 3.05) is 12.0 Å². The summed E-state index contributed by atoms with van der Waals surface area (Å²) in [6.45, 7) is 1.87. The molecule has 22 heavy (non-hydrogen) atoms. The average molecular weight is 299 g/mol. The second-order valence-electron chi connectivity index (χ2n) is 4.82. The van der Waals surface area contributed by atoms with E-state index < -0.39 is 12.0 Å². The summed E-state index contributed by atoms with van der Waals surface area (Å²) in [6.07, 6.45) is 0.524. The highest BCUT2D eigenvalue weighted by Crippen LogP contribution is 2.30. The molecule has 0 heterocycles. The number of aliphatic carboxylic acids is 1. The first kappa shape index (κ1) is 15.6. The van der Waals surface area contributed by atoms with Gasteiger partial charge in [0.05, 0.1) is 7.11 Å². The van der Waals surface area contributed by atoms with Crippen LogP contribution in [0.25, 0.3) is 0 Å². The van der Waals surface area contributed by atoms with Crippen LogP contribution in [0, 0.1) is 6.92 Å². The van der Waals surface area contributed by atoms with Gasteiger partial charge >= 0.3 is 5.97 Å². The number of carbonyl (C=O) groups excluding carboxylic acids is 1. The van der Waals surface area contributed by atoms with Gasteiger partial charge in [-0.05, 0) is 24.1 Å². The Balaban J connectivity index is 2.48. The lowest BCUT2D eigenvalue weighted by Crippen LogP contribution is -2.33. The molecular formula is C17H17NO4. The lowest BCUT2D eigenvalue weighted by Gasteiger charge is -2.26. The maximum Gasteiger partial charge on any atom is 0.331 e. The molecule has 0 radical (unpaired) electrons. The molecule has 0 aromatic heterocycles. The molecule has 114 valence electrons. The Morgan fingerprint density at radius 3 is 2.45 bits per heavy atom.